The minimum atomic E-state index is -1.00. The van der Waals surface area contributed by atoms with Gasteiger partial charge < -0.3 is 15.1 Å². The number of nitrogens with zero attached hydrogens (tertiary/aromatic N) is 2. The average molecular weight is 224 g/mol. The van der Waals surface area contributed by atoms with E-state index in [0.717, 1.165) is 0 Å². The van der Waals surface area contributed by atoms with Crippen molar-refractivity contribution in [3.8, 4) is 0 Å². The number of pyridine rings is 1. The van der Waals surface area contributed by atoms with E-state index in [2.05, 4.69) is 4.98 Å². The molecule has 0 fully saturated rings. The third-order valence-electron chi connectivity index (χ3n) is 2.07. The van der Waals surface area contributed by atoms with E-state index in [-0.39, 0.29) is 5.56 Å². The van der Waals surface area contributed by atoms with Crippen LogP contribution in [0.3, 0.4) is 0 Å². The molecule has 0 atom stereocenters. The Morgan fingerprint density at radius 2 is 2.19 bits per heavy atom. The van der Waals surface area contributed by atoms with Crippen LogP contribution in [0.1, 0.15) is 24.2 Å². The second-order valence-electron chi connectivity index (χ2n) is 4.37. The van der Waals surface area contributed by atoms with Crippen molar-refractivity contribution in [3.05, 3.63) is 24.0 Å². The molecule has 0 aliphatic carbocycles. The maximum Gasteiger partial charge on any atom is 0.337 e. The standard InChI is InChI=1S/C11H16N2O3/c1-11(2,16)7-13(3)9-6-12-5-4-8(9)10(14)15/h4-6,16H,7H2,1-3H3,(H,14,15). The summed E-state index contributed by atoms with van der Waals surface area (Å²) in [6.07, 6.45) is 2.92. The second-order valence-corrected chi connectivity index (χ2v) is 4.37. The van der Waals surface area contributed by atoms with Crippen LogP contribution in [0, 0.1) is 0 Å². The highest BCUT2D eigenvalue weighted by Crippen LogP contribution is 2.19. The van der Waals surface area contributed by atoms with Gasteiger partial charge in [0.15, 0.2) is 0 Å². The number of likely N-dealkylation sites (N-methyl/N-ethyl adjacent to an activating group) is 1. The molecule has 0 unspecified atom stereocenters. The molecule has 0 bridgehead atoms. The lowest BCUT2D eigenvalue weighted by molar-refractivity contribution is 0.0694. The summed E-state index contributed by atoms with van der Waals surface area (Å²) in [4.78, 5) is 16.5. The summed E-state index contributed by atoms with van der Waals surface area (Å²) in [5.74, 6) is -1.00. The molecule has 1 aromatic heterocycles. The van der Waals surface area contributed by atoms with Gasteiger partial charge in [0, 0.05) is 19.8 Å². The van der Waals surface area contributed by atoms with Crippen molar-refractivity contribution in [3.63, 3.8) is 0 Å². The van der Waals surface area contributed by atoms with Gasteiger partial charge in [-0.05, 0) is 19.9 Å². The molecule has 0 radical (unpaired) electrons. The van der Waals surface area contributed by atoms with Crippen molar-refractivity contribution in [1.82, 2.24) is 4.98 Å². The lowest BCUT2D eigenvalue weighted by Gasteiger charge is -2.27. The molecule has 88 valence electrons. The molecule has 1 aromatic rings. The van der Waals surface area contributed by atoms with Gasteiger partial charge in [-0.25, -0.2) is 4.79 Å². The van der Waals surface area contributed by atoms with E-state index in [1.54, 1.807) is 25.8 Å². The molecule has 5 heteroatoms. The number of hydrogen-bond acceptors (Lipinski definition) is 4. The Labute approximate surface area is 94.4 Å². The Morgan fingerprint density at radius 3 is 2.69 bits per heavy atom. The molecule has 2 N–H and O–H groups in total. The SMILES string of the molecule is CN(CC(C)(C)O)c1cnccc1C(=O)O. The van der Waals surface area contributed by atoms with E-state index in [9.17, 15) is 9.90 Å². The third kappa shape index (κ3) is 3.20. The molecular weight excluding hydrogens is 208 g/mol. The summed E-state index contributed by atoms with van der Waals surface area (Å²) in [6.45, 7) is 3.67. The van der Waals surface area contributed by atoms with Crippen LogP contribution in [-0.2, 0) is 0 Å². The topological polar surface area (TPSA) is 73.7 Å². The predicted octanol–water partition coefficient (Wildman–Crippen LogP) is 0.987. The minimum Gasteiger partial charge on any atom is -0.478 e. The number of anilines is 1. The van der Waals surface area contributed by atoms with Gasteiger partial charge in [0.2, 0.25) is 0 Å². The van der Waals surface area contributed by atoms with Gasteiger partial charge in [0.25, 0.3) is 0 Å². The van der Waals surface area contributed by atoms with Gasteiger partial charge in [-0.1, -0.05) is 0 Å². The zero-order chi connectivity index (χ0) is 12.3. The van der Waals surface area contributed by atoms with Crippen LogP contribution in [0.25, 0.3) is 0 Å². The molecule has 0 amide bonds. The van der Waals surface area contributed by atoms with Gasteiger partial charge in [0.1, 0.15) is 0 Å². The zero-order valence-electron chi connectivity index (χ0n) is 9.64. The van der Waals surface area contributed by atoms with Crippen molar-refractivity contribution in [1.29, 1.82) is 0 Å². The highest BCUT2D eigenvalue weighted by atomic mass is 16.4. The highest BCUT2D eigenvalue weighted by molar-refractivity contribution is 5.94. The third-order valence-corrected chi connectivity index (χ3v) is 2.07. The van der Waals surface area contributed by atoms with Gasteiger partial charge in [-0.3, -0.25) is 4.98 Å². The van der Waals surface area contributed by atoms with Gasteiger partial charge in [0.05, 0.1) is 23.0 Å². The summed E-state index contributed by atoms with van der Waals surface area (Å²) in [6, 6.07) is 1.44. The molecule has 0 aromatic carbocycles. The van der Waals surface area contributed by atoms with Crippen LogP contribution >= 0.6 is 0 Å². The normalized spacial score (nSPS) is 11.2. The van der Waals surface area contributed by atoms with Crippen molar-refractivity contribution in [2.45, 2.75) is 19.4 Å². The Balaban J connectivity index is 2.99. The van der Waals surface area contributed by atoms with E-state index in [0.29, 0.717) is 12.2 Å². The minimum absolute atomic E-state index is 0.182. The Kier molecular flexibility index (Phi) is 3.49. The first-order valence-corrected chi connectivity index (χ1v) is 4.92. The fourth-order valence-corrected chi connectivity index (χ4v) is 1.54. The maximum absolute atomic E-state index is 11.0. The van der Waals surface area contributed by atoms with Crippen molar-refractivity contribution in [2.75, 3.05) is 18.5 Å². The van der Waals surface area contributed by atoms with Crippen LogP contribution < -0.4 is 4.90 Å². The van der Waals surface area contributed by atoms with Crippen LogP contribution in [0.2, 0.25) is 0 Å². The molecule has 0 saturated heterocycles. The first-order valence-electron chi connectivity index (χ1n) is 4.92. The van der Waals surface area contributed by atoms with E-state index in [1.807, 2.05) is 0 Å². The number of rotatable bonds is 4. The van der Waals surface area contributed by atoms with Crippen molar-refractivity contribution < 1.29 is 15.0 Å². The van der Waals surface area contributed by atoms with Crippen LogP contribution in [-0.4, -0.2) is 40.4 Å². The fourth-order valence-electron chi connectivity index (χ4n) is 1.54. The van der Waals surface area contributed by atoms with Crippen molar-refractivity contribution in [2.24, 2.45) is 0 Å². The first-order chi connectivity index (χ1) is 7.31. The Morgan fingerprint density at radius 1 is 1.56 bits per heavy atom. The molecule has 1 heterocycles. The molecule has 16 heavy (non-hydrogen) atoms. The molecule has 0 aliphatic heterocycles. The number of hydrogen-bond donors (Lipinski definition) is 2. The average Bonchev–Trinajstić information content (AvgIpc) is 2.15. The Hall–Kier alpha value is -1.62. The number of carbonyl (C=O) groups is 1. The quantitative estimate of drug-likeness (QED) is 0.797. The molecule has 0 spiro atoms. The van der Waals surface area contributed by atoms with Gasteiger partial charge in [-0.15, -0.1) is 0 Å². The maximum atomic E-state index is 11.0. The molecule has 5 nitrogen and oxygen atoms in total. The van der Waals surface area contributed by atoms with E-state index >= 15 is 0 Å². The summed E-state index contributed by atoms with van der Waals surface area (Å²) in [5.41, 5.74) is -0.209. The Bertz CT molecular complexity index is 385. The summed E-state index contributed by atoms with van der Waals surface area (Å²) < 4.78 is 0. The smallest absolute Gasteiger partial charge is 0.337 e. The fraction of sp³-hybridized carbons (Fsp3) is 0.455. The highest BCUT2D eigenvalue weighted by Gasteiger charge is 2.19. The van der Waals surface area contributed by atoms with Gasteiger partial charge >= 0.3 is 5.97 Å². The summed E-state index contributed by atoms with van der Waals surface area (Å²) in [5, 5.41) is 18.7. The number of carboxylic acid groups (broad SMARTS) is 1. The van der Waals surface area contributed by atoms with Gasteiger partial charge in [-0.2, -0.15) is 0 Å². The summed E-state index contributed by atoms with van der Waals surface area (Å²) in [7, 11) is 1.72. The van der Waals surface area contributed by atoms with E-state index < -0.39 is 11.6 Å². The lowest BCUT2D eigenvalue weighted by atomic mass is 10.1. The van der Waals surface area contributed by atoms with Crippen molar-refractivity contribution >= 4 is 11.7 Å². The predicted molar refractivity (Wildman–Crippen MR) is 60.8 cm³/mol. The number of aromatic carboxylic acids is 1. The lowest BCUT2D eigenvalue weighted by Crippen LogP contribution is -2.36. The molecular formula is C11H16N2O3. The number of aliphatic hydroxyl groups is 1. The van der Waals surface area contributed by atoms with E-state index in [4.69, 9.17) is 5.11 Å². The van der Waals surface area contributed by atoms with Crippen LogP contribution in [0.5, 0.6) is 0 Å². The number of carboxylic acids is 1. The van der Waals surface area contributed by atoms with E-state index in [1.165, 1.54) is 18.5 Å². The van der Waals surface area contributed by atoms with Crippen LogP contribution in [0.15, 0.2) is 18.5 Å². The van der Waals surface area contributed by atoms with Crippen LogP contribution in [0.4, 0.5) is 5.69 Å². The zero-order valence-corrected chi connectivity index (χ0v) is 9.64. The molecule has 0 aliphatic rings. The first kappa shape index (κ1) is 12.4. The largest absolute Gasteiger partial charge is 0.478 e. The molecule has 0 saturated carbocycles. The second kappa shape index (κ2) is 4.49. The monoisotopic (exact) mass is 224 g/mol. The summed E-state index contributed by atoms with van der Waals surface area (Å²) >= 11 is 0. The molecule has 1 rings (SSSR count). The number of aromatic nitrogens is 1.